The zero-order chi connectivity index (χ0) is 8.91. The summed E-state index contributed by atoms with van der Waals surface area (Å²) in [6.07, 6.45) is 0.397. The van der Waals surface area contributed by atoms with Crippen LogP contribution in [0.5, 0.6) is 0 Å². The van der Waals surface area contributed by atoms with E-state index in [1.165, 1.54) is 0 Å². The van der Waals surface area contributed by atoms with Crippen molar-refractivity contribution in [2.75, 3.05) is 12.8 Å². The SMILES string of the molecule is [CH2-]COC(=O)NC[Si](C)(C)C.[Rf]. The summed E-state index contributed by atoms with van der Waals surface area (Å²) in [6, 6.07) is 0. The average Bonchev–Trinajstić information content (AvgIpc) is 1.83. The zero-order valence-electron chi connectivity index (χ0n) is 8.14. The Kier molecular flexibility index (Phi) is 5.65. The van der Waals surface area contributed by atoms with Crippen molar-refractivity contribution in [1.29, 1.82) is 0 Å². The molecule has 3 nitrogen and oxygen atoms in total. The number of carbonyl (C=O) groups is 1. The van der Waals surface area contributed by atoms with Crippen LogP contribution in [-0.2, 0) is 4.74 Å². The number of hydrogen-bond acceptors (Lipinski definition) is 2. The molecule has 0 aliphatic carbocycles. The third kappa shape index (κ3) is 8.49. The summed E-state index contributed by atoms with van der Waals surface area (Å²) in [4.78, 5) is 10.7. The molecule has 1 N–H and O–H groups in total. The summed E-state index contributed by atoms with van der Waals surface area (Å²) in [6.45, 7) is 10.1. The van der Waals surface area contributed by atoms with Crippen molar-refractivity contribution in [3.8, 4) is 0 Å². The second-order valence-electron chi connectivity index (χ2n) is 3.55. The quantitative estimate of drug-likeness (QED) is 0.532. The van der Waals surface area contributed by atoms with Gasteiger partial charge in [0, 0.05) is 6.17 Å². The first kappa shape index (κ1) is 13.1. The molecule has 0 aromatic carbocycles. The fraction of sp³-hybridized carbons (Fsp3) is 0.714. The number of rotatable bonds is 3. The minimum atomic E-state index is -1.18. The number of alkyl carbamates (subject to hydrolysis) is 1. The fourth-order valence-corrected chi connectivity index (χ4v) is 1.16. The molecule has 0 heterocycles. The molecule has 12 heavy (non-hydrogen) atoms. The Morgan fingerprint density at radius 2 is 2.00 bits per heavy atom. The van der Waals surface area contributed by atoms with Gasteiger partial charge in [0.05, 0.1) is 8.07 Å². The van der Waals surface area contributed by atoms with Crippen LogP contribution in [0.4, 0.5) is 4.79 Å². The molecule has 5 heteroatoms. The van der Waals surface area contributed by atoms with E-state index < -0.39 is 8.07 Å². The van der Waals surface area contributed by atoms with Gasteiger partial charge in [-0.05, 0) is 6.61 Å². The maximum atomic E-state index is 10.7. The van der Waals surface area contributed by atoms with Gasteiger partial charge in [0.1, 0.15) is 0 Å². The van der Waals surface area contributed by atoms with Crippen LogP contribution in [0.25, 0.3) is 0 Å². The summed E-state index contributed by atoms with van der Waals surface area (Å²) in [7, 11) is -1.18. The molecule has 0 aromatic heterocycles. The van der Waals surface area contributed by atoms with Gasteiger partial charge in [-0.3, -0.25) is 0 Å². The summed E-state index contributed by atoms with van der Waals surface area (Å²) >= 11 is 0. The van der Waals surface area contributed by atoms with E-state index in [1.807, 2.05) is 0 Å². The first-order chi connectivity index (χ1) is 4.95. The predicted molar refractivity (Wildman–Crippen MR) is 48.1 cm³/mol. The van der Waals surface area contributed by atoms with Crippen molar-refractivity contribution in [3.63, 3.8) is 0 Å². The van der Waals surface area contributed by atoms with Crippen molar-refractivity contribution < 1.29 is 9.53 Å². The van der Waals surface area contributed by atoms with Crippen molar-refractivity contribution in [2.45, 2.75) is 19.6 Å². The van der Waals surface area contributed by atoms with E-state index in [4.69, 9.17) is 0 Å². The minimum absolute atomic E-state index is 0. The Labute approximate surface area is 69.1 Å². The molecule has 0 unspecified atom stereocenters. The molecule has 0 aliphatic rings. The molecule has 0 radical (unpaired) electrons. The molecule has 0 atom stereocenters. The van der Waals surface area contributed by atoms with E-state index in [0.29, 0.717) is 0 Å². The number of carbonyl (C=O) groups excluding carboxylic acids is 1. The molecule has 0 bridgehead atoms. The van der Waals surface area contributed by atoms with Gasteiger partial charge in [0.15, 0.2) is 0 Å². The smallest absolute Gasteiger partial charge is 0.404 e. The third-order valence-electron chi connectivity index (χ3n) is 0.996. The van der Waals surface area contributed by atoms with E-state index in [9.17, 15) is 4.79 Å². The van der Waals surface area contributed by atoms with E-state index in [2.05, 4.69) is 36.6 Å². The number of ether oxygens (including phenoxy) is 1. The summed E-state index contributed by atoms with van der Waals surface area (Å²) in [5.74, 6) is 0. The first-order valence-corrected chi connectivity index (χ1v) is 7.36. The number of amides is 1. The maximum Gasteiger partial charge on any atom is 0.404 e. The summed E-state index contributed by atoms with van der Waals surface area (Å²) < 4.78 is 4.60. The average molecular weight is 441 g/mol. The largest absolute Gasteiger partial charge is 0.483 e. The Balaban J connectivity index is 0. The summed E-state index contributed by atoms with van der Waals surface area (Å²) in [5.41, 5.74) is 0. The molecular formula is C7H16NO2RfSi-. The van der Waals surface area contributed by atoms with E-state index in [-0.39, 0.29) is 12.7 Å². The third-order valence-corrected chi connectivity index (χ3v) is 2.23. The topological polar surface area (TPSA) is 38.3 Å². The van der Waals surface area contributed by atoms with E-state index >= 15 is 0 Å². The van der Waals surface area contributed by atoms with E-state index in [0.717, 1.165) is 6.17 Å². The second kappa shape index (κ2) is 5.18. The number of hydrogen-bond donors (Lipinski definition) is 1. The second-order valence-corrected chi connectivity index (χ2v) is 9.03. The molecule has 0 aromatic rings. The molecule has 0 aliphatic heterocycles. The Morgan fingerprint density at radius 3 is 2.33 bits per heavy atom. The molecule has 1 amide bonds. The van der Waals surface area contributed by atoms with Crippen LogP contribution in [0.15, 0.2) is 0 Å². The van der Waals surface area contributed by atoms with Crippen LogP contribution in [0.1, 0.15) is 0 Å². The summed E-state index contributed by atoms with van der Waals surface area (Å²) in [5, 5.41) is 2.68. The Bertz CT molecular complexity index is 136. The molecule has 0 spiro atoms. The van der Waals surface area contributed by atoms with E-state index in [1.54, 1.807) is 0 Å². The zero-order valence-corrected chi connectivity index (χ0v) is 15.5. The van der Waals surface area contributed by atoms with Crippen LogP contribution in [0.2, 0.25) is 19.6 Å². The van der Waals surface area contributed by atoms with Gasteiger partial charge in [-0.25, -0.2) is 4.79 Å². The standard InChI is InChI=1S/C7H16NO2Si.Rf/c1-5-10-7(9)8-6-11(2,3)4;/h1,5-6H2,2-4H3,(H,8,9);/q-1;. The van der Waals surface area contributed by atoms with Gasteiger partial charge in [0.2, 0.25) is 0 Å². The molecule has 0 fully saturated rings. The van der Waals surface area contributed by atoms with Gasteiger partial charge < -0.3 is 17.0 Å². The van der Waals surface area contributed by atoms with Gasteiger partial charge in [0.25, 0.3) is 0 Å². The van der Waals surface area contributed by atoms with Gasteiger partial charge >= 0.3 is 6.09 Å². The van der Waals surface area contributed by atoms with Crippen molar-refractivity contribution in [2.24, 2.45) is 0 Å². The fourth-order valence-electron chi connectivity index (χ4n) is 0.481. The Morgan fingerprint density at radius 1 is 1.50 bits per heavy atom. The van der Waals surface area contributed by atoms with Gasteiger partial charge in [-0.15, -0.1) is 0 Å². The molecule has 68 valence electrons. The Hall–Kier alpha value is -1.51. The molecule has 0 saturated carbocycles. The van der Waals surface area contributed by atoms with Gasteiger partial charge in [-0.1, -0.05) is 19.6 Å². The van der Waals surface area contributed by atoms with Crippen LogP contribution in [0, 0.1) is 6.92 Å². The normalized spacial score (nSPS) is 10.0. The van der Waals surface area contributed by atoms with Crippen LogP contribution in [-0.4, -0.2) is 26.9 Å². The predicted octanol–water partition coefficient (Wildman–Crippen LogP) is 1.42. The van der Waals surface area contributed by atoms with Crippen molar-refractivity contribution in [1.82, 2.24) is 5.32 Å². The molecule has 0 rings (SSSR count). The van der Waals surface area contributed by atoms with Crippen molar-refractivity contribution >= 4 is 14.2 Å². The van der Waals surface area contributed by atoms with Crippen molar-refractivity contribution in [3.05, 3.63) is 6.92 Å². The molecule has 0 saturated heterocycles. The van der Waals surface area contributed by atoms with Crippen LogP contribution in [0.3, 0.4) is 0 Å². The monoisotopic (exact) mass is 441 g/mol. The van der Waals surface area contributed by atoms with Crippen LogP contribution < -0.4 is 5.32 Å². The minimum Gasteiger partial charge on any atom is -0.483 e. The first-order valence-electron chi connectivity index (χ1n) is 3.65. The molecular weight excluding hydrogens is 425 g/mol. The maximum absolute atomic E-state index is 10.7. The number of nitrogens with one attached hydrogen (secondary N) is 1. The van der Waals surface area contributed by atoms with Crippen LogP contribution >= 0.6 is 0 Å². The van der Waals surface area contributed by atoms with Gasteiger partial charge in [-0.2, -0.15) is 0 Å².